The fourth-order valence-corrected chi connectivity index (χ4v) is 1.33. The molecule has 2 aromatic heterocycles. The van der Waals surface area contributed by atoms with Gasteiger partial charge in [0, 0.05) is 11.6 Å². The van der Waals surface area contributed by atoms with Gasteiger partial charge in [-0.3, -0.25) is 0 Å². The molecule has 2 rings (SSSR count). The van der Waals surface area contributed by atoms with Gasteiger partial charge in [0.25, 0.3) is 5.89 Å². The van der Waals surface area contributed by atoms with Gasteiger partial charge in [0.15, 0.2) is 11.6 Å². The number of nitrogens with two attached hydrogens (primary N) is 1. The zero-order chi connectivity index (χ0) is 12.5. The molecular formula is C11H15N5O. The minimum absolute atomic E-state index is 0.153. The van der Waals surface area contributed by atoms with E-state index in [1.165, 1.54) is 0 Å². The van der Waals surface area contributed by atoms with Crippen molar-refractivity contribution in [2.45, 2.75) is 26.2 Å². The average molecular weight is 233 g/mol. The highest BCUT2D eigenvalue weighted by Crippen LogP contribution is 2.26. The zero-order valence-electron chi connectivity index (χ0n) is 10.1. The Kier molecular flexibility index (Phi) is 2.81. The highest BCUT2D eigenvalue weighted by Gasteiger charge is 2.22. The molecule has 6 nitrogen and oxygen atoms in total. The quantitative estimate of drug-likeness (QED) is 0.606. The molecule has 0 aliphatic carbocycles. The van der Waals surface area contributed by atoms with Crippen LogP contribution in [0.2, 0.25) is 0 Å². The van der Waals surface area contributed by atoms with E-state index in [-0.39, 0.29) is 5.41 Å². The maximum absolute atomic E-state index is 5.38. The van der Waals surface area contributed by atoms with Crippen LogP contribution >= 0.6 is 0 Å². The van der Waals surface area contributed by atoms with Gasteiger partial charge in [-0.15, -0.1) is 0 Å². The minimum atomic E-state index is -0.153. The van der Waals surface area contributed by atoms with Crippen LogP contribution in [0.25, 0.3) is 11.5 Å². The normalized spacial score (nSPS) is 11.5. The maximum atomic E-state index is 5.38. The van der Waals surface area contributed by atoms with E-state index < -0.39 is 0 Å². The molecule has 2 heterocycles. The van der Waals surface area contributed by atoms with Gasteiger partial charge in [0.2, 0.25) is 0 Å². The molecule has 0 atom stereocenters. The summed E-state index contributed by atoms with van der Waals surface area (Å²) in [5.74, 6) is 6.95. The Morgan fingerprint density at radius 3 is 2.71 bits per heavy atom. The van der Waals surface area contributed by atoms with Gasteiger partial charge >= 0.3 is 0 Å². The molecule has 0 radical (unpaired) electrons. The summed E-state index contributed by atoms with van der Waals surface area (Å²) in [6.45, 7) is 6.06. The second-order valence-corrected chi connectivity index (χ2v) is 4.72. The van der Waals surface area contributed by atoms with Crippen LogP contribution in [0.15, 0.2) is 22.9 Å². The Hall–Kier alpha value is -1.95. The highest BCUT2D eigenvalue weighted by atomic mass is 16.5. The van der Waals surface area contributed by atoms with Gasteiger partial charge in [-0.2, -0.15) is 4.98 Å². The lowest BCUT2D eigenvalue weighted by Crippen LogP contribution is -2.13. The van der Waals surface area contributed by atoms with Crippen molar-refractivity contribution in [1.29, 1.82) is 0 Å². The third kappa shape index (κ3) is 2.26. The van der Waals surface area contributed by atoms with Crippen molar-refractivity contribution >= 4 is 5.82 Å². The van der Waals surface area contributed by atoms with Crippen LogP contribution in [0, 0.1) is 0 Å². The lowest BCUT2D eigenvalue weighted by atomic mass is 9.96. The van der Waals surface area contributed by atoms with E-state index in [2.05, 4.69) is 20.6 Å². The van der Waals surface area contributed by atoms with Gasteiger partial charge in [-0.05, 0) is 12.1 Å². The summed E-state index contributed by atoms with van der Waals surface area (Å²) in [5.41, 5.74) is 3.04. The van der Waals surface area contributed by atoms with Gasteiger partial charge in [-0.1, -0.05) is 25.9 Å². The van der Waals surface area contributed by atoms with Crippen LogP contribution in [0.5, 0.6) is 0 Å². The third-order valence-electron chi connectivity index (χ3n) is 2.27. The molecule has 0 unspecified atom stereocenters. The third-order valence-corrected chi connectivity index (χ3v) is 2.27. The van der Waals surface area contributed by atoms with Crippen LogP contribution in [0.3, 0.4) is 0 Å². The first-order chi connectivity index (χ1) is 8.02. The number of rotatable bonds is 2. The van der Waals surface area contributed by atoms with Crippen molar-refractivity contribution in [2.24, 2.45) is 5.84 Å². The lowest BCUT2D eigenvalue weighted by molar-refractivity contribution is 0.402. The molecule has 0 bridgehead atoms. The molecule has 0 aliphatic rings. The summed E-state index contributed by atoms with van der Waals surface area (Å²) >= 11 is 0. The number of nitrogens with zero attached hydrogens (tertiary/aromatic N) is 3. The Morgan fingerprint density at radius 2 is 2.12 bits per heavy atom. The first kappa shape index (κ1) is 11.5. The summed E-state index contributed by atoms with van der Waals surface area (Å²) in [4.78, 5) is 8.43. The van der Waals surface area contributed by atoms with E-state index in [0.29, 0.717) is 23.1 Å². The molecule has 0 fully saturated rings. The average Bonchev–Trinajstić information content (AvgIpc) is 2.77. The molecule has 3 N–H and O–H groups in total. The smallest absolute Gasteiger partial charge is 0.261 e. The number of aromatic nitrogens is 3. The van der Waals surface area contributed by atoms with Crippen LogP contribution in [-0.2, 0) is 5.41 Å². The minimum Gasteiger partial charge on any atom is -0.334 e. The van der Waals surface area contributed by atoms with Crippen molar-refractivity contribution in [2.75, 3.05) is 5.43 Å². The van der Waals surface area contributed by atoms with Crippen LogP contribution in [0.1, 0.15) is 26.6 Å². The van der Waals surface area contributed by atoms with E-state index in [9.17, 15) is 0 Å². The van der Waals surface area contributed by atoms with Crippen molar-refractivity contribution in [3.63, 3.8) is 0 Å². The first-order valence-corrected chi connectivity index (χ1v) is 5.28. The van der Waals surface area contributed by atoms with Gasteiger partial charge in [0.05, 0.1) is 5.56 Å². The molecular weight excluding hydrogens is 218 g/mol. The van der Waals surface area contributed by atoms with E-state index in [1.54, 1.807) is 12.3 Å². The van der Waals surface area contributed by atoms with Gasteiger partial charge < -0.3 is 9.95 Å². The SMILES string of the molecule is CC(C)(C)c1noc(-c2cccnc2NN)n1. The fourth-order valence-electron chi connectivity index (χ4n) is 1.33. The lowest BCUT2D eigenvalue weighted by Gasteiger charge is -2.10. The predicted octanol–water partition coefficient (Wildman–Crippen LogP) is 1.71. The number of nitrogens with one attached hydrogen (secondary N) is 1. The molecule has 2 aromatic rings. The van der Waals surface area contributed by atoms with Crippen molar-refractivity contribution < 1.29 is 4.52 Å². The van der Waals surface area contributed by atoms with Crippen LogP contribution in [0.4, 0.5) is 5.82 Å². The molecule has 0 saturated carbocycles. The van der Waals surface area contributed by atoms with Crippen LogP contribution in [-0.4, -0.2) is 15.1 Å². The number of hydrogen-bond acceptors (Lipinski definition) is 6. The molecule has 90 valence electrons. The molecule has 17 heavy (non-hydrogen) atoms. The summed E-state index contributed by atoms with van der Waals surface area (Å²) in [5, 5.41) is 3.96. The number of hydrogen-bond donors (Lipinski definition) is 2. The van der Waals surface area contributed by atoms with E-state index in [1.807, 2.05) is 26.8 Å². The molecule has 0 saturated heterocycles. The van der Waals surface area contributed by atoms with E-state index in [4.69, 9.17) is 10.4 Å². The Labute approximate surface area is 99.2 Å². The largest absolute Gasteiger partial charge is 0.334 e. The molecule has 0 aromatic carbocycles. The second-order valence-electron chi connectivity index (χ2n) is 4.72. The van der Waals surface area contributed by atoms with Gasteiger partial charge in [0.1, 0.15) is 0 Å². The Bertz CT molecular complexity index is 515. The number of nitrogen functional groups attached to an aromatic ring is 1. The highest BCUT2D eigenvalue weighted by molar-refractivity contribution is 5.68. The predicted molar refractivity (Wildman–Crippen MR) is 64.0 cm³/mol. The molecule has 6 heteroatoms. The summed E-state index contributed by atoms with van der Waals surface area (Å²) < 4.78 is 5.22. The number of anilines is 1. The second kappa shape index (κ2) is 4.14. The first-order valence-electron chi connectivity index (χ1n) is 5.28. The molecule has 0 aliphatic heterocycles. The standard InChI is InChI=1S/C11H15N5O/c1-11(2,3)10-14-9(17-16-10)7-5-4-6-13-8(7)15-12/h4-6H,12H2,1-3H3,(H,13,15). The summed E-state index contributed by atoms with van der Waals surface area (Å²) in [6.07, 6.45) is 1.64. The van der Waals surface area contributed by atoms with Crippen LogP contribution < -0.4 is 11.3 Å². The van der Waals surface area contributed by atoms with Gasteiger partial charge in [-0.25, -0.2) is 10.8 Å². The Morgan fingerprint density at radius 1 is 1.35 bits per heavy atom. The molecule has 0 amide bonds. The summed E-state index contributed by atoms with van der Waals surface area (Å²) in [6, 6.07) is 3.61. The monoisotopic (exact) mass is 233 g/mol. The van der Waals surface area contributed by atoms with E-state index in [0.717, 1.165) is 0 Å². The maximum Gasteiger partial charge on any atom is 0.261 e. The molecule has 0 spiro atoms. The zero-order valence-corrected chi connectivity index (χ0v) is 10.1. The van der Waals surface area contributed by atoms with Crippen molar-refractivity contribution in [3.05, 3.63) is 24.2 Å². The van der Waals surface area contributed by atoms with E-state index >= 15 is 0 Å². The Balaban J connectivity index is 2.44. The fraction of sp³-hybridized carbons (Fsp3) is 0.364. The summed E-state index contributed by atoms with van der Waals surface area (Å²) in [7, 11) is 0. The number of hydrazine groups is 1. The topological polar surface area (TPSA) is 89.9 Å². The number of pyridine rings is 1. The van der Waals surface area contributed by atoms with Crippen molar-refractivity contribution in [1.82, 2.24) is 15.1 Å². The van der Waals surface area contributed by atoms with Crippen molar-refractivity contribution in [3.8, 4) is 11.5 Å².